The first-order valence-electron chi connectivity index (χ1n) is 10.1. The molecule has 1 aliphatic carbocycles. The summed E-state index contributed by atoms with van der Waals surface area (Å²) in [4.78, 5) is 25.3. The molecule has 5 rings (SSSR count). The number of aryl methyl sites for hydroxylation is 2. The molecule has 162 valence electrons. The fraction of sp³-hybridized carbons (Fsp3) is 0.400. The molecular formula is C20H21N5O4S2. The van der Waals surface area contributed by atoms with E-state index in [1.807, 2.05) is 0 Å². The lowest BCUT2D eigenvalue weighted by Gasteiger charge is -2.26. The van der Waals surface area contributed by atoms with Gasteiger partial charge in [0.15, 0.2) is 12.4 Å². The number of carbonyl (C=O) groups is 1. The maximum absolute atomic E-state index is 12.5. The van der Waals surface area contributed by atoms with Crippen LogP contribution in [-0.2, 0) is 39.0 Å². The van der Waals surface area contributed by atoms with Crippen LogP contribution in [0.15, 0.2) is 28.3 Å². The van der Waals surface area contributed by atoms with Crippen LogP contribution in [0.25, 0.3) is 10.2 Å². The molecule has 11 heteroatoms. The Morgan fingerprint density at radius 3 is 2.90 bits per heavy atom. The Balaban J connectivity index is 1.32. The lowest BCUT2D eigenvalue weighted by molar-refractivity contribution is -0.140. The summed E-state index contributed by atoms with van der Waals surface area (Å²) in [6.45, 7) is 0.143. The maximum atomic E-state index is 12.5. The van der Waals surface area contributed by atoms with Crippen molar-refractivity contribution in [2.24, 2.45) is 4.40 Å². The molecule has 4 heterocycles. The number of ether oxygens (including phenoxy) is 1. The second kappa shape index (κ2) is 7.72. The number of rotatable bonds is 3. The molecule has 0 saturated heterocycles. The molecule has 0 radical (unpaired) electrons. The van der Waals surface area contributed by atoms with E-state index in [1.165, 1.54) is 35.4 Å². The molecule has 0 bridgehead atoms. The van der Waals surface area contributed by atoms with Crippen molar-refractivity contribution in [2.45, 2.75) is 38.7 Å². The molecule has 0 fully saturated rings. The van der Waals surface area contributed by atoms with Crippen molar-refractivity contribution in [1.82, 2.24) is 14.9 Å². The van der Waals surface area contributed by atoms with Crippen molar-refractivity contribution in [3.63, 3.8) is 0 Å². The summed E-state index contributed by atoms with van der Waals surface area (Å²) >= 11 is 1.65. The van der Waals surface area contributed by atoms with Crippen LogP contribution in [0.4, 0.5) is 5.82 Å². The van der Waals surface area contributed by atoms with Crippen LogP contribution in [0.2, 0.25) is 0 Å². The fourth-order valence-corrected chi connectivity index (χ4v) is 6.27. The van der Waals surface area contributed by atoms with Crippen LogP contribution >= 0.6 is 11.3 Å². The van der Waals surface area contributed by atoms with Crippen molar-refractivity contribution >= 4 is 49.2 Å². The molecule has 0 unspecified atom stereocenters. The Kier molecular flexibility index (Phi) is 5.01. The normalized spacial score (nSPS) is 19.8. The number of nitrogens with two attached hydrogens (primary N) is 1. The largest absolute Gasteiger partial charge is 0.454 e. The van der Waals surface area contributed by atoms with Gasteiger partial charge in [0.1, 0.15) is 16.5 Å². The van der Waals surface area contributed by atoms with E-state index in [9.17, 15) is 13.2 Å². The number of amidine groups is 1. The summed E-state index contributed by atoms with van der Waals surface area (Å²) < 4.78 is 32.3. The number of hydrogen-bond acceptors (Lipinski definition) is 9. The van der Waals surface area contributed by atoms with Gasteiger partial charge in [-0.3, -0.25) is 0 Å². The zero-order valence-corrected chi connectivity index (χ0v) is 18.3. The Labute approximate surface area is 183 Å². The number of anilines is 1. The zero-order valence-electron chi connectivity index (χ0n) is 16.7. The number of hydrogen-bond donors (Lipinski definition) is 1. The smallest absolute Gasteiger partial charge is 0.340 e. The van der Waals surface area contributed by atoms with E-state index in [2.05, 4.69) is 14.4 Å². The first kappa shape index (κ1) is 20.1. The summed E-state index contributed by atoms with van der Waals surface area (Å²) in [5, 5.41) is 0.946. The van der Waals surface area contributed by atoms with Crippen LogP contribution in [-0.4, -0.2) is 47.4 Å². The van der Waals surface area contributed by atoms with E-state index >= 15 is 0 Å². The van der Waals surface area contributed by atoms with Gasteiger partial charge in [-0.25, -0.2) is 23.2 Å². The minimum Gasteiger partial charge on any atom is -0.454 e. The Morgan fingerprint density at radius 1 is 1.19 bits per heavy atom. The van der Waals surface area contributed by atoms with Crippen molar-refractivity contribution in [3.8, 4) is 0 Å². The predicted octanol–water partition coefficient (Wildman–Crippen LogP) is 2.08. The number of thiophene rings is 1. The molecule has 0 saturated carbocycles. The molecule has 2 N–H and O–H groups in total. The molecule has 0 aromatic carbocycles. The van der Waals surface area contributed by atoms with Gasteiger partial charge in [0.05, 0.1) is 16.7 Å². The highest BCUT2D eigenvalue weighted by molar-refractivity contribution is 7.90. The number of nitrogen functional groups attached to an aromatic ring is 1. The maximum Gasteiger partial charge on any atom is 0.340 e. The molecule has 2 aromatic heterocycles. The molecule has 3 aliphatic rings. The van der Waals surface area contributed by atoms with Crippen LogP contribution in [0.5, 0.6) is 0 Å². The highest BCUT2D eigenvalue weighted by Gasteiger charge is 2.26. The van der Waals surface area contributed by atoms with Gasteiger partial charge in [0.25, 0.3) is 10.0 Å². The average Bonchev–Trinajstić information content (AvgIpc) is 2.93. The molecule has 2 aromatic rings. The number of nitrogens with zero attached hydrogens (tertiary/aromatic N) is 4. The van der Waals surface area contributed by atoms with Crippen molar-refractivity contribution < 1.29 is 17.9 Å². The van der Waals surface area contributed by atoms with Crippen molar-refractivity contribution in [3.05, 3.63) is 40.2 Å². The first-order valence-corrected chi connectivity index (χ1v) is 12.6. The van der Waals surface area contributed by atoms with E-state index in [1.54, 1.807) is 22.4 Å². The zero-order chi connectivity index (χ0) is 21.6. The molecule has 0 amide bonds. The Bertz CT molecular complexity index is 1280. The third kappa shape index (κ3) is 3.94. The number of sulfonamides is 1. The van der Waals surface area contributed by atoms with Crippen molar-refractivity contribution in [1.29, 1.82) is 0 Å². The lowest BCUT2D eigenvalue weighted by atomic mass is 10.1. The monoisotopic (exact) mass is 459 g/mol. The van der Waals surface area contributed by atoms with Crippen LogP contribution < -0.4 is 5.73 Å². The van der Waals surface area contributed by atoms with Crippen molar-refractivity contribution in [2.75, 3.05) is 18.0 Å². The van der Waals surface area contributed by atoms with Crippen LogP contribution in [0.1, 0.15) is 35.5 Å². The molecular weight excluding hydrogens is 438 g/mol. The van der Waals surface area contributed by atoms with Gasteiger partial charge < -0.3 is 15.4 Å². The van der Waals surface area contributed by atoms with Crippen LogP contribution in [0.3, 0.4) is 0 Å². The first-order chi connectivity index (χ1) is 14.9. The topological polar surface area (TPSA) is 128 Å². The Morgan fingerprint density at radius 2 is 2.03 bits per heavy atom. The minimum atomic E-state index is -3.44. The van der Waals surface area contributed by atoms with E-state index in [0.29, 0.717) is 23.1 Å². The standard InChI is InChI=1S/C20H21N5O4S2/c21-18-17-13-4-2-1-3-5-14(13)30-19(17)23-15(22-18)11-29-20(26)12-6-7-16-24-31(27,28)9-8-25(16)10-12/h6-7,10H,1-5,8-9,11H2,(H2,21,22,23). The van der Waals surface area contributed by atoms with Gasteiger partial charge in [-0.1, -0.05) is 6.42 Å². The van der Waals surface area contributed by atoms with E-state index in [0.717, 1.165) is 29.5 Å². The number of carbonyl (C=O) groups excluding carboxylic acids is 1. The molecule has 31 heavy (non-hydrogen) atoms. The van der Waals surface area contributed by atoms with Gasteiger partial charge in [0.2, 0.25) is 0 Å². The lowest BCUT2D eigenvalue weighted by Crippen LogP contribution is -2.37. The second-order valence-corrected chi connectivity index (χ2v) is 10.5. The summed E-state index contributed by atoms with van der Waals surface area (Å²) in [5.74, 6) is 0.444. The SMILES string of the molecule is Nc1nc(COC(=O)C2=CN3CCS(=O)(=O)N=C3C=C2)nc2sc3c(c12)CCCCC3. The number of esters is 1. The highest BCUT2D eigenvalue weighted by atomic mass is 32.2. The van der Waals surface area contributed by atoms with Gasteiger partial charge >= 0.3 is 5.97 Å². The van der Waals surface area contributed by atoms with Gasteiger partial charge in [-0.15, -0.1) is 15.7 Å². The average molecular weight is 460 g/mol. The van der Waals surface area contributed by atoms with E-state index < -0.39 is 16.0 Å². The number of aromatic nitrogens is 2. The van der Waals surface area contributed by atoms with Gasteiger partial charge in [0, 0.05) is 17.6 Å². The highest BCUT2D eigenvalue weighted by Crippen LogP contribution is 2.37. The van der Waals surface area contributed by atoms with Gasteiger partial charge in [-0.2, -0.15) is 0 Å². The van der Waals surface area contributed by atoms with Crippen LogP contribution in [0, 0.1) is 0 Å². The summed E-state index contributed by atoms with van der Waals surface area (Å²) in [7, 11) is -3.44. The summed E-state index contributed by atoms with van der Waals surface area (Å²) in [6.07, 6.45) is 10.1. The minimum absolute atomic E-state index is 0.0952. The van der Waals surface area contributed by atoms with E-state index in [-0.39, 0.29) is 18.9 Å². The third-order valence-corrected chi connectivity index (χ3v) is 7.88. The second-order valence-electron chi connectivity index (χ2n) is 7.69. The summed E-state index contributed by atoms with van der Waals surface area (Å²) in [5.41, 5.74) is 7.82. The van der Waals surface area contributed by atoms with E-state index in [4.69, 9.17) is 10.5 Å². The molecule has 2 aliphatic heterocycles. The molecule has 0 spiro atoms. The molecule has 9 nitrogen and oxygen atoms in total. The quantitative estimate of drug-likeness (QED) is 0.546. The molecule has 0 atom stereocenters. The number of fused-ring (bicyclic) bond motifs is 4. The van der Waals surface area contributed by atoms with Gasteiger partial charge in [-0.05, 0) is 43.4 Å². The third-order valence-electron chi connectivity index (χ3n) is 5.53. The Hall–Kier alpha value is -2.79. The predicted molar refractivity (Wildman–Crippen MR) is 118 cm³/mol. The summed E-state index contributed by atoms with van der Waals surface area (Å²) in [6, 6.07) is 0. The fourth-order valence-electron chi connectivity index (χ4n) is 4.01.